The lowest BCUT2D eigenvalue weighted by atomic mass is 10.1. The molecule has 2 N–H and O–H groups in total. The second-order valence-corrected chi connectivity index (χ2v) is 4.97. The zero-order valence-corrected chi connectivity index (χ0v) is 14.0. The lowest BCUT2D eigenvalue weighted by molar-refractivity contribution is -0.121. The number of ether oxygens (including phenoxy) is 1. The van der Waals surface area contributed by atoms with Gasteiger partial charge in [0.2, 0.25) is 5.91 Å². The minimum Gasteiger partial charge on any atom is -0.493 e. The van der Waals surface area contributed by atoms with Crippen LogP contribution < -0.4 is 15.4 Å². The van der Waals surface area contributed by atoms with Crippen LogP contribution in [-0.4, -0.2) is 32.1 Å². The fourth-order valence-electron chi connectivity index (χ4n) is 1.90. The Labute approximate surface area is 134 Å². The van der Waals surface area contributed by atoms with Crippen molar-refractivity contribution in [1.29, 1.82) is 0 Å². The molecule has 21 heavy (non-hydrogen) atoms. The SMILES string of the molecule is CCCNCCNC(=O)CCOc1ccc(C)cc1C.Cl. The van der Waals surface area contributed by atoms with Crippen LogP contribution in [0.1, 0.15) is 30.9 Å². The molecule has 4 nitrogen and oxygen atoms in total. The minimum atomic E-state index is 0. The van der Waals surface area contributed by atoms with Crippen molar-refractivity contribution in [3.8, 4) is 5.75 Å². The van der Waals surface area contributed by atoms with Gasteiger partial charge in [-0.2, -0.15) is 0 Å². The molecule has 0 aromatic heterocycles. The standard InChI is InChI=1S/C16H26N2O2.ClH/c1-4-8-17-9-10-18-16(19)7-11-20-15-6-5-13(2)12-14(15)3;/h5-6,12,17H,4,7-11H2,1-3H3,(H,18,19);1H. The van der Waals surface area contributed by atoms with Crippen LogP contribution in [-0.2, 0) is 4.79 Å². The van der Waals surface area contributed by atoms with Gasteiger partial charge in [0.05, 0.1) is 13.0 Å². The summed E-state index contributed by atoms with van der Waals surface area (Å²) in [6, 6.07) is 6.05. The molecule has 5 heteroatoms. The second-order valence-electron chi connectivity index (χ2n) is 4.97. The van der Waals surface area contributed by atoms with Gasteiger partial charge in [0.1, 0.15) is 5.75 Å². The second kappa shape index (κ2) is 11.4. The van der Waals surface area contributed by atoms with Gasteiger partial charge in [-0.25, -0.2) is 0 Å². The average molecular weight is 315 g/mol. The summed E-state index contributed by atoms with van der Waals surface area (Å²) < 4.78 is 5.63. The van der Waals surface area contributed by atoms with Gasteiger partial charge in [0, 0.05) is 13.1 Å². The van der Waals surface area contributed by atoms with Crippen molar-refractivity contribution in [3.63, 3.8) is 0 Å². The topological polar surface area (TPSA) is 50.4 Å². The molecule has 0 saturated heterocycles. The van der Waals surface area contributed by atoms with E-state index < -0.39 is 0 Å². The minimum absolute atomic E-state index is 0. The first-order valence-electron chi connectivity index (χ1n) is 7.31. The lowest BCUT2D eigenvalue weighted by Crippen LogP contribution is -2.32. The van der Waals surface area contributed by atoms with Gasteiger partial charge < -0.3 is 15.4 Å². The molecule has 0 aliphatic carbocycles. The van der Waals surface area contributed by atoms with E-state index in [2.05, 4.69) is 30.5 Å². The number of nitrogens with one attached hydrogen (secondary N) is 2. The molecule has 0 bridgehead atoms. The van der Waals surface area contributed by atoms with Crippen molar-refractivity contribution in [1.82, 2.24) is 10.6 Å². The van der Waals surface area contributed by atoms with Crippen molar-refractivity contribution < 1.29 is 9.53 Å². The molecule has 1 aromatic carbocycles. The third-order valence-corrected chi connectivity index (χ3v) is 2.97. The molecule has 0 aliphatic heterocycles. The number of rotatable bonds is 9. The molecule has 0 spiro atoms. The summed E-state index contributed by atoms with van der Waals surface area (Å²) in [7, 11) is 0. The highest BCUT2D eigenvalue weighted by Gasteiger charge is 2.03. The van der Waals surface area contributed by atoms with Crippen molar-refractivity contribution in [2.24, 2.45) is 0 Å². The predicted octanol–water partition coefficient (Wildman–Crippen LogP) is 2.61. The fraction of sp³-hybridized carbons (Fsp3) is 0.562. The quantitative estimate of drug-likeness (QED) is 0.689. The van der Waals surface area contributed by atoms with E-state index in [1.165, 1.54) is 5.56 Å². The maximum atomic E-state index is 11.6. The summed E-state index contributed by atoms with van der Waals surface area (Å²) in [6.45, 7) is 9.08. The van der Waals surface area contributed by atoms with E-state index in [4.69, 9.17) is 4.74 Å². The summed E-state index contributed by atoms with van der Waals surface area (Å²) >= 11 is 0. The molecule has 0 atom stereocenters. The van der Waals surface area contributed by atoms with Crippen molar-refractivity contribution in [2.75, 3.05) is 26.2 Å². The van der Waals surface area contributed by atoms with E-state index >= 15 is 0 Å². The van der Waals surface area contributed by atoms with Gasteiger partial charge in [0.15, 0.2) is 0 Å². The van der Waals surface area contributed by atoms with Crippen LogP contribution in [0, 0.1) is 13.8 Å². The molecule has 1 aromatic rings. The van der Waals surface area contributed by atoms with Crippen LogP contribution >= 0.6 is 12.4 Å². The lowest BCUT2D eigenvalue weighted by Gasteiger charge is -2.10. The molecule has 1 rings (SSSR count). The number of hydrogen-bond acceptors (Lipinski definition) is 3. The summed E-state index contributed by atoms with van der Waals surface area (Å²) in [5, 5.41) is 6.11. The van der Waals surface area contributed by atoms with Crippen molar-refractivity contribution >= 4 is 18.3 Å². The number of hydrogen-bond donors (Lipinski definition) is 2. The zero-order valence-electron chi connectivity index (χ0n) is 13.2. The van der Waals surface area contributed by atoms with Gasteiger partial charge >= 0.3 is 0 Å². The molecule has 0 fully saturated rings. The van der Waals surface area contributed by atoms with Crippen LogP contribution in [0.15, 0.2) is 18.2 Å². The van der Waals surface area contributed by atoms with E-state index in [1.54, 1.807) is 0 Å². The Morgan fingerprint density at radius 2 is 1.95 bits per heavy atom. The van der Waals surface area contributed by atoms with Gasteiger partial charge in [-0.1, -0.05) is 24.6 Å². The maximum Gasteiger partial charge on any atom is 0.223 e. The Morgan fingerprint density at radius 1 is 1.19 bits per heavy atom. The van der Waals surface area contributed by atoms with Gasteiger partial charge in [0.25, 0.3) is 0 Å². The highest BCUT2D eigenvalue weighted by atomic mass is 35.5. The Kier molecular flexibility index (Phi) is 10.7. The molecule has 0 saturated carbocycles. The highest BCUT2D eigenvalue weighted by molar-refractivity contribution is 5.85. The van der Waals surface area contributed by atoms with E-state index in [0.29, 0.717) is 19.6 Å². The number of halogens is 1. The van der Waals surface area contributed by atoms with E-state index in [1.807, 2.05) is 19.1 Å². The maximum absolute atomic E-state index is 11.6. The number of carbonyl (C=O) groups is 1. The summed E-state index contributed by atoms with van der Waals surface area (Å²) in [5.74, 6) is 0.890. The zero-order chi connectivity index (χ0) is 14.8. The molecule has 1 amide bonds. The largest absolute Gasteiger partial charge is 0.493 e. The Balaban J connectivity index is 0.00000400. The summed E-state index contributed by atoms with van der Waals surface area (Å²) in [6.07, 6.45) is 1.50. The van der Waals surface area contributed by atoms with Crippen LogP contribution in [0.3, 0.4) is 0 Å². The van der Waals surface area contributed by atoms with Crippen molar-refractivity contribution in [3.05, 3.63) is 29.3 Å². The van der Waals surface area contributed by atoms with E-state index in [0.717, 1.165) is 30.8 Å². The van der Waals surface area contributed by atoms with E-state index in [-0.39, 0.29) is 18.3 Å². The number of amides is 1. The molecular formula is C16H27ClN2O2. The predicted molar refractivity (Wildman–Crippen MR) is 89.4 cm³/mol. The van der Waals surface area contributed by atoms with Gasteiger partial charge in [-0.3, -0.25) is 4.79 Å². The Bertz CT molecular complexity index is 425. The number of aryl methyl sites for hydroxylation is 2. The summed E-state index contributed by atoms with van der Waals surface area (Å²) in [5.41, 5.74) is 2.32. The van der Waals surface area contributed by atoms with Crippen LogP contribution in [0.5, 0.6) is 5.75 Å². The third kappa shape index (κ3) is 8.58. The highest BCUT2D eigenvalue weighted by Crippen LogP contribution is 2.18. The third-order valence-electron chi connectivity index (χ3n) is 2.97. The monoisotopic (exact) mass is 314 g/mol. The van der Waals surface area contributed by atoms with Crippen LogP contribution in [0.25, 0.3) is 0 Å². The van der Waals surface area contributed by atoms with Crippen LogP contribution in [0.2, 0.25) is 0 Å². The Morgan fingerprint density at radius 3 is 2.62 bits per heavy atom. The average Bonchev–Trinajstić information content (AvgIpc) is 2.41. The normalized spacial score (nSPS) is 9.86. The van der Waals surface area contributed by atoms with Gasteiger partial charge in [-0.15, -0.1) is 12.4 Å². The van der Waals surface area contributed by atoms with Crippen molar-refractivity contribution in [2.45, 2.75) is 33.6 Å². The summed E-state index contributed by atoms with van der Waals surface area (Å²) in [4.78, 5) is 11.6. The molecule has 120 valence electrons. The molecule has 0 unspecified atom stereocenters. The molecule has 0 aliphatic rings. The first-order chi connectivity index (χ1) is 9.63. The first-order valence-corrected chi connectivity index (χ1v) is 7.31. The molecule has 0 radical (unpaired) electrons. The van der Waals surface area contributed by atoms with Crippen LogP contribution in [0.4, 0.5) is 0 Å². The smallest absolute Gasteiger partial charge is 0.223 e. The Hall–Kier alpha value is -1.26. The molecule has 0 heterocycles. The van der Waals surface area contributed by atoms with E-state index in [9.17, 15) is 4.79 Å². The number of benzene rings is 1. The first kappa shape index (κ1) is 19.7. The molecular weight excluding hydrogens is 288 g/mol. The fourth-order valence-corrected chi connectivity index (χ4v) is 1.90. The number of carbonyl (C=O) groups excluding carboxylic acids is 1. The van der Waals surface area contributed by atoms with Gasteiger partial charge in [-0.05, 0) is 38.4 Å².